The molecule has 0 fully saturated rings. The average Bonchev–Trinajstić information content (AvgIpc) is 2.71. The van der Waals surface area contributed by atoms with Crippen LogP contribution in [0.2, 0.25) is 0 Å². The first-order valence-corrected chi connectivity index (χ1v) is 12.5. The topological polar surface area (TPSA) is 55.8 Å². The lowest BCUT2D eigenvalue weighted by molar-refractivity contribution is -0.154. The lowest BCUT2D eigenvalue weighted by Gasteiger charge is -2.21. The van der Waals surface area contributed by atoms with Crippen LogP contribution < -0.4 is 0 Å². The summed E-state index contributed by atoms with van der Waals surface area (Å²) in [7, 11) is 1.76. The maximum absolute atomic E-state index is 12.2. The highest BCUT2D eigenvalue weighted by molar-refractivity contribution is 5.75. The zero-order valence-corrected chi connectivity index (χ0v) is 20.5. The fraction of sp³-hybridized carbons (Fsp3) is 0.920. The Morgan fingerprint density at radius 1 is 0.633 bits per heavy atom. The number of esters is 2. The van der Waals surface area contributed by atoms with Crippen LogP contribution in [0.25, 0.3) is 0 Å². The molecule has 178 valence electrons. The highest BCUT2D eigenvalue weighted by Gasteiger charge is 2.18. The van der Waals surface area contributed by atoms with E-state index in [0.717, 1.165) is 38.5 Å². The number of carbonyl (C=O) groups is 2. The van der Waals surface area contributed by atoms with Crippen LogP contribution in [0.3, 0.4) is 0 Å². The third-order valence-electron chi connectivity index (χ3n) is 5.56. The molecule has 0 N–H and O–H groups in total. The summed E-state index contributed by atoms with van der Waals surface area (Å²) in [6.45, 7) is 8.76. The minimum Gasteiger partial charge on any atom is -0.461 e. The van der Waals surface area contributed by atoms with Gasteiger partial charge in [0.2, 0.25) is 0 Å². The summed E-state index contributed by atoms with van der Waals surface area (Å²) in [6, 6.07) is 0. The Kier molecular flexibility index (Phi) is 19.1. The average molecular weight is 428 g/mol. The molecule has 0 spiro atoms. The van der Waals surface area contributed by atoms with E-state index in [4.69, 9.17) is 9.47 Å². The molecule has 0 heterocycles. The van der Waals surface area contributed by atoms with Crippen molar-refractivity contribution in [1.29, 1.82) is 0 Å². The number of unbranched alkanes of at least 4 members (excludes halogenated alkanes) is 8. The van der Waals surface area contributed by atoms with Crippen LogP contribution in [0.15, 0.2) is 0 Å². The largest absolute Gasteiger partial charge is 0.461 e. The van der Waals surface area contributed by atoms with Gasteiger partial charge in [0, 0.05) is 0 Å². The minimum absolute atomic E-state index is 0.0170. The molecule has 0 saturated heterocycles. The molecule has 5 nitrogen and oxygen atoms in total. The molecule has 2 unspecified atom stereocenters. The van der Waals surface area contributed by atoms with Gasteiger partial charge in [-0.1, -0.05) is 79.1 Å². The predicted octanol–water partition coefficient (Wildman–Crippen LogP) is 6.28. The second kappa shape index (κ2) is 19.8. The first-order chi connectivity index (χ1) is 14.5. The van der Waals surface area contributed by atoms with E-state index in [1.54, 1.807) is 11.9 Å². The number of hydrogen-bond donors (Lipinski definition) is 0. The molecule has 0 aliphatic carbocycles. The van der Waals surface area contributed by atoms with Gasteiger partial charge in [-0.25, -0.2) is 0 Å². The molecule has 0 bridgehead atoms. The van der Waals surface area contributed by atoms with Crippen molar-refractivity contribution in [2.24, 2.45) is 0 Å². The van der Waals surface area contributed by atoms with Gasteiger partial charge in [-0.2, -0.15) is 0 Å². The van der Waals surface area contributed by atoms with E-state index in [1.807, 2.05) is 0 Å². The van der Waals surface area contributed by atoms with E-state index in [-0.39, 0.29) is 37.2 Å². The van der Waals surface area contributed by atoms with Gasteiger partial charge in [0.1, 0.15) is 12.2 Å². The summed E-state index contributed by atoms with van der Waals surface area (Å²) in [4.78, 5) is 26.1. The molecule has 0 rings (SSSR count). The normalized spacial score (nSPS) is 13.3. The van der Waals surface area contributed by atoms with Crippen molar-refractivity contribution in [3.05, 3.63) is 0 Å². The summed E-state index contributed by atoms with van der Waals surface area (Å²) >= 11 is 0. The summed E-state index contributed by atoms with van der Waals surface area (Å²) in [5, 5.41) is 0. The Balaban J connectivity index is 4.09. The Labute approximate surface area is 186 Å². The van der Waals surface area contributed by atoms with E-state index in [2.05, 4.69) is 27.7 Å². The number of ether oxygens (including phenoxy) is 2. The molecule has 0 aliphatic heterocycles. The molecule has 0 aromatic rings. The van der Waals surface area contributed by atoms with E-state index in [9.17, 15) is 9.59 Å². The molecule has 0 aromatic heterocycles. The second-order valence-corrected chi connectivity index (χ2v) is 8.62. The van der Waals surface area contributed by atoms with Gasteiger partial charge in [0.15, 0.2) is 0 Å². The summed E-state index contributed by atoms with van der Waals surface area (Å²) in [6.07, 6.45) is 15.6. The standard InChI is InChI=1S/C25H49NO4/c1-6-10-12-14-16-18-22(8-3)29-24(27)20-26(5)21-25(28)30-23(9-4)19-17-15-13-11-7-2/h22-23H,6-21H2,1-5H3. The van der Waals surface area contributed by atoms with Crippen molar-refractivity contribution in [3.8, 4) is 0 Å². The van der Waals surface area contributed by atoms with Crippen LogP contribution in [-0.4, -0.2) is 49.2 Å². The third kappa shape index (κ3) is 16.7. The molecule has 5 heteroatoms. The minimum atomic E-state index is -0.256. The number of likely N-dealkylation sites (N-methyl/N-ethyl adjacent to an activating group) is 1. The first-order valence-electron chi connectivity index (χ1n) is 12.5. The molecule has 30 heavy (non-hydrogen) atoms. The van der Waals surface area contributed by atoms with Gasteiger partial charge < -0.3 is 9.47 Å². The van der Waals surface area contributed by atoms with Crippen molar-refractivity contribution < 1.29 is 19.1 Å². The summed E-state index contributed by atoms with van der Waals surface area (Å²) < 4.78 is 11.2. The fourth-order valence-electron chi connectivity index (χ4n) is 3.59. The zero-order chi connectivity index (χ0) is 22.6. The lowest BCUT2D eigenvalue weighted by atomic mass is 10.1. The SMILES string of the molecule is CCCCCCCC(CC)OC(=O)CN(C)CC(=O)OC(CC)CCCCCCC. The third-order valence-corrected chi connectivity index (χ3v) is 5.56. The molecule has 0 aliphatic rings. The Bertz CT molecular complexity index is 389. The fourth-order valence-corrected chi connectivity index (χ4v) is 3.59. The van der Waals surface area contributed by atoms with Crippen LogP contribution >= 0.6 is 0 Å². The monoisotopic (exact) mass is 427 g/mol. The molecule has 2 atom stereocenters. The van der Waals surface area contributed by atoms with Gasteiger partial charge in [-0.15, -0.1) is 0 Å². The van der Waals surface area contributed by atoms with E-state index in [0.29, 0.717) is 0 Å². The van der Waals surface area contributed by atoms with Gasteiger partial charge in [-0.3, -0.25) is 14.5 Å². The number of carbonyl (C=O) groups excluding carboxylic acids is 2. The maximum Gasteiger partial charge on any atom is 0.320 e. The van der Waals surface area contributed by atoms with Crippen molar-refractivity contribution in [1.82, 2.24) is 4.90 Å². The van der Waals surface area contributed by atoms with Gasteiger partial charge in [0.05, 0.1) is 13.1 Å². The van der Waals surface area contributed by atoms with Crippen LogP contribution in [0.5, 0.6) is 0 Å². The van der Waals surface area contributed by atoms with Gasteiger partial charge in [0.25, 0.3) is 0 Å². The molecule has 0 saturated carbocycles. The van der Waals surface area contributed by atoms with Gasteiger partial charge >= 0.3 is 11.9 Å². The Morgan fingerprint density at radius 3 is 1.33 bits per heavy atom. The quantitative estimate of drug-likeness (QED) is 0.169. The number of nitrogens with zero attached hydrogens (tertiary/aromatic N) is 1. The highest BCUT2D eigenvalue weighted by atomic mass is 16.5. The summed E-state index contributed by atoms with van der Waals surface area (Å²) in [5.74, 6) is -0.512. The smallest absolute Gasteiger partial charge is 0.320 e. The van der Waals surface area contributed by atoms with E-state index >= 15 is 0 Å². The van der Waals surface area contributed by atoms with Crippen LogP contribution in [-0.2, 0) is 19.1 Å². The lowest BCUT2D eigenvalue weighted by Crippen LogP contribution is -2.35. The Morgan fingerprint density at radius 2 is 1.00 bits per heavy atom. The van der Waals surface area contributed by atoms with Crippen LogP contribution in [0, 0.1) is 0 Å². The van der Waals surface area contributed by atoms with E-state index in [1.165, 1.54) is 51.4 Å². The summed E-state index contributed by atoms with van der Waals surface area (Å²) in [5.41, 5.74) is 0. The molecular weight excluding hydrogens is 378 g/mol. The predicted molar refractivity (Wildman–Crippen MR) is 125 cm³/mol. The van der Waals surface area contributed by atoms with Crippen molar-refractivity contribution in [3.63, 3.8) is 0 Å². The van der Waals surface area contributed by atoms with Crippen LogP contribution in [0.4, 0.5) is 0 Å². The molecule has 0 radical (unpaired) electrons. The van der Waals surface area contributed by atoms with Gasteiger partial charge in [-0.05, 0) is 45.6 Å². The second-order valence-electron chi connectivity index (χ2n) is 8.62. The highest BCUT2D eigenvalue weighted by Crippen LogP contribution is 2.13. The molecule has 0 amide bonds. The van der Waals surface area contributed by atoms with E-state index < -0.39 is 0 Å². The van der Waals surface area contributed by atoms with Crippen molar-refractivity contribution in [2.75, 3.05) is 20.1 Å². The van der Waals surface area contributed by atoms with Crippen molar-refractivity contribution in [2.45, 2.75) is 130 Å². The number of rotatable bonds is 20. The zero-order valence-electron chi connectivity index (χ0n) is 20.5. The van der Waals surface area contributed by atoms with Crippen molar-refractivity contribution >= 4 is 11.9 Å². The molecular formula is C25H49NO4. The maximum atomic E-state index is 12.2. The first kappa shape index (κ1) is 28.9. The molecule has 0 aromatic carbocycles. The number of hydrogen-bond acceptors (Lipinski definition) is 5. The van der Waals surface area contributed by atoms with Crippen LogP contribution in [0.1, 0.15) is 118 Å². The Hall–Kier alpha value is -1.10.